The number of carbonyl (C=O) groups is 2. The number of pyridine rings is 1. The van der Waals surface area contributed by atoms with E-state index in [-0.39, 0.29) is 38.6 Å². The van der Waals surface area contributed by atoms with Gasteiger partial charge in [0.2, 0.25) is 10.0 Å². The number of halogens is 2. The maximum atomic E-state index is 13.5. The average molecular weight is 649 g/mol. The molecule has 2 heterocycles. The molecule has 2 aromatic carbocycles. The first kappa shape index (κ1) is 32.2. The molecule has 0 radical (unpaired) electrons. The number of aliphatic imine (C=N–C) groups is 1. The minimum atomic E-state index is -3.83. The summed E-state index contributed by atoms with van der Waals surface area (Å²) in [5, 5.41) is 12.8. The number of carboxylic acid groups (broad SMARTS) is 1. The first-order valence-corrected chi connectivity index (χ1v) is 15.3. The van der Waals surface area contributed by atoms with E-state index in [1.165, 1.54) is 34.7 Å². The lowest BCUT2D eigenvalue weighted by molar-refractivity contribution is -0.138. The van der Waals surface area contributed by atoms with Gasteiger partial charge in [0.15, 0.2) is 12.0 Å². The van der Waals surface area contributed by atoms with Crippen molar-refractivity contribution >= 4 is 62.4 Å². The fourth-order valence-corrected chi connectivity index (χ4v) is 6.63. The number of nitrogens with zero attached hydrogens (tertiary/aromatic N) is 5. The van der Waals surface area contributed by atoms with E-state index in [4.69, 9.17) is 28.9 Å². The molecule has 12 nitrogen and oxygen atoms in total. The van der Waals surface area contributed by atoms with E-state index in [1.54, 1.807) is 42.5 Å². The number of aromatic nitrogens is 1. The Hall–Kier alpha value is -3.75. The van der Waals surface area contributed by atoms with Crippen molar-refractivity contribution < 1.29 is 23.1 Å². The SMILES string of the molecule is CN1CCN(S(=O)(=O)c2ccccc2N(C)C(N)=N[C@@H](Cc2ccc(NC(=O)c3c(Cl)cncc3Cl)cc2)C(=O)O)CC1. The fraction of sp³-hybridized carbons (Fsp3) is 0.286. The second-order valence-corrected chi connectivity index (χ2v) is 12.6. The van der Waals surface area contributed by atoms with Crippen LogP contribution >= 0.6 is 23.2 Å². The number of likely N-dealkylation sites (N-methyl/N-ethyl adjacent to an activating group) is 1. The third kappa shape index (κ3) is 7.61. The van der Waals surface area contributed by atoms with Crippen LogP contribution < -0.4 is 16.0 Å². The Morgan fingerprint density at radius 3 is 2.28 bits per heavy atom. The molecule has 0 saturated carbocycles. The Bertz CT molecular complexity index is 1610. The van der Waals surface area contributed by atoms with E-state index in [0.29, 0.717) is 37.4 Å². The van der Waals surface area contributed by atoms with Crippen LogP contribution in [0.2, 0.25) is 10.0 Å². The molecule has 1 saturated heterocycles. The Balaban J connectivity index is 1.49. The third-order valence-corrected chi connectivity index (χ3v) is 9.46. The highest BCUT2D eigenvalue weighted by Gasteiger charge is 2.31. The number of nitrogens with one attached hydrogen (secondary N) is 1. The zero-order valence-electron chi connectivity index (χ0n) is 23.4. The van der Waals surface area contributed by atoms with Gasteiger partial charge in [-0.05, 0) is 36.9 Å². The third-order valence-electron chi connectivity index (χ3n) is 6.94. The number of carbonyl (C=O) groups excluding carboxylic acids is 1. The number of piperazine rings is 1. The second-order valence-electron chi connectivity index (χ2n) is 9.91. The van der Waals surface area contributed by atoms with Gasteiger partial charge in [-0.25, -0.2) is 18.2 Å². The smallest absolute Gasteiger partial charge is 0.328 e. The summed E-state index contributed by atoms with van der Waals surface area (Å²) in [5.41, 5.74) is 7.64. The van der Waals surface area contributed by atoms with Crippen LogP contribution in [0.5, 0.6) is 0 Å². The van der Waals surface area contributed by atoms with Crippen molar-refractivity contribution in [1.82, 2.24) is 14.2 Å². The van der Waals surface area contributed by atoms with Gasteiger partial charge < -0.3 is 26.0 Å². The number of aliphatic carboxylic acids is 1. The molecule has 0 bridgehead atoms. The summed E-state index contributed by atoms with van der Waals surface area (Å²) in [7, 11) is -0.361. The van der Waals surface area contributed by atoms with Gasteiger partial charge in [-0.3, -0.25) is 9.78 Å². The number of guanidine groups is 1. The van der Waals surface area contributed by atoms with Gasteiger partial charge >= 0.3 is 5.97 Å². The van der Waals surface area contributed by atoms with E-state index in [0.717, 1.165) is 0 Å². The lowest BCUT2D eigenvalue weighted by atomic mass is 10.1. The summed E-state index contributed by atoms with van der Waals surface area (Å²) >= 11 is 12.1. The minimum absolute atomic E-state index is 0.0125. The number of hydrogen-bond donors (Lipinski definition) is 3. The van der Waals surface area contributed by atoms with Crippen molar-refractivity contribution in [2.24, 2.45) is 10.7 Å². The van der Waals surface area contributed by atoms with Crippen molar-refractivity contribution in [3.05, 3.63) is 82.1 Å². The van der Waals surface area contributed by atoms with Gasteiger partial charge in [0.1, 0.15) is 4.90 Å². The van der Waals surface area contributed by atoms with Crippen LogP contribution in [-0.4, -0.2) is 91.9 Å². The molecule has 1 aliphatic rings. The topological polar surface area (TPSA) is 162 Å². The standard InChI is InChI=1S/C28H31Cl2N7O5S/c1-35-11-13-37(14-12-35)43(41,42)24-6-4-3-5-23(24)36(2)28(31)34-22(27(39)40)15-18-7-9-19(10-8-18)33-26(38)25-20(29)16-32-17-21(25)30/h3-10,16-17,22H,11-15H2,1-2H3,(H2,31,34)(H,33,38)(H,39,40)/t22-/m0/s1. The van der Waals surface area contributed by atoms with Crippen LogP contribution in [-0.2, 0) is 21.2 Å². The molecule has 0 aliphatic carbocycles. The molecular formula is C28H31Cl2N7O5S. The monoisotopic (exact) mass is 647 g/mol. The van der Waals surface area contributed by atoms with Crippen molar-refractivity contribution in [2.75, 3.05) is 50.5 Å². The van der Waals surface area contributed by atoms with Gasteiger partial charge in [0.05, 0.1) is 21.3 Å². The first-order chi connectivity index (χ1) is 20.4. The van der Waals surface area contributed by atoms with Crippen molar-refractivity contribution in [3.63, 3.8) is 0 Å². The summed E-state index contributed by atoms with van der Waals surface area (Å²) in [4.78, 5) is 36.3. The maximum Gasteiger partial charge on any atom is 0.328 e. The molecule has 4 rings (SSSR count). The Morgan fingerprint density at radius 2 is 1.67 bits per heavy atom. The molecule has 1 aliphatic heterocycles. The lowest BCUT2D eigenvalue weighted by Crippen LogP contribution is -2.47. The van der Waals surface area contributed by atoms with Crippen LogP contribution in [0, 0.1) is 0 Å². The lowest BCUT2D eigenvalue weighted by Gasteiger charge is -2.32. The summed E-state index contributed by atoms with van der Waals surface area (Å²) in [6, 6.07) is 11.6. The number of amides is 1. The van der Waals surface area contributed by atoms with Crippen LogP contribution in [0.4, 0.5) is 11.4 Å². The quantitative estimate of drug-likeness (QED) is 0.234. The highest BCUT2D eigenvalue weighted by Crippen LogP contribution is 2.28. The summed E-state index contributed by atoms with van der Waals surface area (Å²) in [6.45, 7) is 1.94. The molecule has 1 aromatic heterocycles. The number of anilines is 2. The molecule has 1 atom stereocenters. The molecular weight excluding hydrogens is 617 g/mol. The average Bonchev–Trinajstić information content (AvgIpc) is 2.97. The Morgan fingerprint density at radius 1 is 1.07 bits per heavy atom. The Kier molecular flexibility index (Phi) is 10.2. The normalized spacial score (nSPS) is 15.6. The minimum Gasteiger partial charge on any atom is -0.480 e. The number of hydrogen-bond acceptors (Lipinski definition) is 7. The predicted octanol–water partition coefficient (Wildman–Crippen LogP) is 3.02. The Labute approximate surface area is 259 Å². The second kappa shape index (κ2) is 13.7. The van der Waals surface area contributed by atoms with Crippen molar-refractivity contribution in [3.8, 4) is 0 Å². The molecule has 0 unspecified atom stereocenters. The van der Waals surface area contributed by atoms with Crippen molar-refractivity contribution in [2.45, 2.75) is 17.4 Å². The van der Waals surface area contributed by atoms with Gasteiger partial charge in [0, 0.05) is 57.7 Å². The zero-order chi connectivity index (χ0) is 31.3. The van der Waals surface area contributed by atoms with Gasteiger partial charge in [-0.15, -0.1) is 0 Å². The number of carboxylic acids is 1. The summed E-state index contributed by atoms with van der Waals surface area (Å²) in [6.07, 6.45) is 2.61. The van der Waals surface area contributed by atoms with Crippen molar-refractivity contribution in [1.29, 1.82) is 0 Å². The highest BCUT2D eigenvalue weighted by atomic mass is 35.5. The molecule has 3 aromatic rings. The number of para-hydroxylation sites is 1. The number of sulfonamides is 1. The van der Waals surface area contributed by atoms with Gasteiger partial charge in [-0.2, -0.15) is 4.31 Å². The van der Waals surface area contributed by atoms with Gasteiger partial charge in [0.25, 0.3) is 5.91 Å². The summed E-state index contributed by atoms with van der Waals surface area (Å²) in [5.74, 6) is -1.90. The molecule has 228 valence electrons. The molecule has 4 N–H and O–H groups in total. The molecule has 1 fully saturated rings. The van der Waals surface area contributed by atoms with Crippen LogP contribution in [0.3, 0.4) is 0 Å². The number of benzene rings is 2. The van der Waals surface area contributed by atoms with E-state index >= 15 is 0 Å². The van der Waals surface area contributed by atoms with Gasteiger partial charge in [-0.1, -0.05) is 47.5 Å². The first-order valence-electron chi connectivity index (χ1n) is 13.1. The summed E-state index contributed by atoms with van der Waals surface area (Å²) < 4.78 is 28.4. The molecule has 0 spiro atoms. The molecule has 15 heteroatoms. The van der Waals surface area contributed by atoms with Crippen LogP contribution in [0.1, 0.15) is 15.9 Å². The largest absolute Gasteiger partial charge is 0.480 e. The molecule has 1 amide bonds. The maximum absolute atomic E-state index is 13.5. The predicted molar refractivity (Wildman–Crippen MR) is 167 cm³/mol. The van der Waals surface area contributed by atoms with Crippen LogP contribution in [0.15, 0.2) is 70.8 Å². The van der Waals surface area contributed by atoms with E-state index in [9.17, 15) is 23.1 Å². The number of rotatable bonds is 9. The van der Waals surface area contributed by atoms with Crippen LogP contribution in [0.25, 0.3) is 0 Å². The number of nitrogens with two attached hydrogens (primary N) is 1. The highest BCUT2D eigenvalue weighted by molar-refractivity contribution is 7.89. The van der Waals surface area contributed by atoms with E-state index in [1.807, 2.05) is 7.05 Å². The molecule has 43 heavy (non-hydrogen) atoms. The zero-order valence-corrected chi connectivity index (χ0v) is 25.8. The fourth-order valence-electron chi connectivity index (χ4n) is 4.45. The van der Waals surface area contributed by atoms with E-state index in [2.05, 4.69) is 20.2 Å². The van der Waals surface area contributed by atoms with E-state index < -0.39 is 27.9 Å².